The first-order valence-electron chi connectivity index (χ1n) is 7.37. The van der Waals surface area contributed by atoms with E-state index in [1.165, 1.54) is 0 Å². The number of thiocarbonyl (C=S) groups is 1. The number of benzene rings is 2. The lowest BCUT2D eigenvalue weighted by Crippen LogP contribution is -2.34. The van der Waals surface area contributed by atoms with Crippen LogP contribution < -0.4 is 15.4 Å². The van der Waals surface area contributed by atoms with Gasteiger partial charge in [0.15, 0.2) is 5.11 Å². The summed E-state index contributed by atoms with van der Waals surface area (Å²) in [6.45, 7) is 3.88. The molecule has 0 aliphatic rings. The third-order valence-corrected chi connectivity index (χ3v) is 3.19. The Bertz CT molecular complexity index is 762. The van der Waals surface area contributed by atoms with Gasteiger partial charge in [0.25, 0.3) is 5.91 Å². The van der Waals surface area contributed by atoms with Crippen molar-refractivity contribution in [2.45, 2.75) is 20.0 Å². The average Bonchev–Trinajstić information content (AvgIpc) is 2.55. The van der Waals surface area contributed by atoms with E-state index < -0.39 is 0 Å². The summed E-state index contributed by atoms with van der Waals surface area (Å²) in [7, 11) is 0. The minimum atomic E-state index is -0.308. The van der Waals surface area contributed by atoms with Crippen LogP contribution in [0.2, 0.25) is 0 Å². The molecule has 0 aliphatic heterocycles. The molecule has 0 atom stereocenters. The Hall–Kier alpha value is -2.91. The van der Waals surface area contributed by atoms with Crippen molar-refractivity contribution < 1.29 is 9.53 Å². The van der Waals surface area contributed by atoms with E-state index >= 15 is 0 Å². The molecule has 0 aromatic heterocycles. The Morgan fingerprint density at radius 1 is 1.12 bits per heavy atom. The Labute approximate surface area is 146 Å². The Kier molecular flexibility index (Phi) is 5.88. The molecule has 0 heterocycles. The molecule has 5 nitrogen and oxygen atoms in total. The van der Waals surface area contributed by atoms with Gasteiger partial charge in [0.2, 0.25) is 0 Å². The highest BCUT2D eigenvalue weighted by molar-refractivity contribution is 7.80. The Balaban J connectivity index is 1.93. The van der Waals surface area contributed by atoms with Crippen molar-refractivity contribution >= 4 is 28.9 Å². The molecule has 122 valence electrons. The van der Waals surface area contributed by atoms with Crippen molar-refractivity contribution in [2.24, 2.45) is 0 Å². The second-order valence-electron chi connectivity index (χ2n) is 5.29. The van der Waals surface area contributed by atoms with Gasteiger partial charge in [-0.15, -0.1) is 0 Å². The second-order valence-corrected chi connectivity index (χ2v) is 5.70. The summed E-state index contributed by atoms with van der Waals surface area (Å²) < 4.78 is 5.54. The molecule has 0 saturated carbocycles. The summed E-state index contributed by atoms with van der Waals surface area (Å²) in [5, 5.41) is 14.5. The van der Waals surface area contributed by atoms with Crippen molar-refractivity contribution in [1.82, 2.24) is 5.32 Å². The predicted octanol–water partition coefficient (Wildman–Crippen LogP) is 3.47. The molecule has 0 unspecified atom stereocenters. The summed E-state index contributed by atoms with van der Waals surface area (Å²) in [5.41, 5.74) is 1.73. The van der Waals surface area contributed by atoms with Gasteiger partial charge in [0.1, 0.15) is 5.75 Å². The van der Waals surface area contributed by atoms with Crippen LogP contribution >= 0.6 is 12.2 Å². The topological polar surface area (TPSA) is 74.2 Å². The maximum absolute atomic E-state index is 12.2. The fourth-order valence-corrected chi connectivity index (χ4v) is 2.13. The fraction of sp³-hybridized carbons (Fsp3) is 0.167. The number of nitrogens with zero attached hydrogens (tertiary/aromatic N) is 1. The molecular formula is C18H17N3O2S. The lowest BCUT2D eigenvalue weighted by Gasteiger charge is -2.11. The quantitative estimate of drug-likeness (QED) is 0.834. The zero-order valence-corrected chi connectivity index (χ0v) is 14.2. The monoisotopic (exact) mass is 339 g/mol. The largest absolute Gasteiger partial charge is 0.491 e. The number of hydrogen-bond donors (Lipinski definition) is 2. The number of nitriles is 1. The summed E-state index contributed by atoms with van der Waals surface area (Å²) >= 11 is 5.12. The molecule has 0 bridgehead atoms. The van der Waals surface area contributed by atoms with E-state index in [-0.39, 0.29) is 17.1 Å². The van der Waals surface area contributed by atoms with Crippen molar-refractivity contribution in [3.8, 4) is 11.8 Å². The van der Waals surface area contributed by atoms with Gasteiger partial charge in [-0.2, -0.15) is 5.26 Å². The first-order valence-corrected chi connectivity index (χ1v) is 7.78. The Morgan fingerprint density at radius 3 is 2.29 bits per heavy atom. The molecular weight excluding hydrogens is 322 g/mol. The predicted molar refractivity (Wildman–Crippen MR) is 97.0 cm³/mol. The number of nitrogens with one attached hydrogen (secondary N) is 2. The molecule has 0 aliphatic carbocycles. The van der Waals surface area contributed by atoms with Crippen LogP contribution in [0.3, 0.4) is 0 Å². The zero-order valence-electron chi connectivity index (χ0n) is 13.4. The summed E-state index contributed by atoms with van der Waals surface area (Å²) in [4.78, 5) is 12.2. The fourth-order valence-electron chi connectivity index (χ4n) is 1.92. The number of carbonyl (C=O) groups excluding carboxylic acids is 1. The van der Waals surface area contributed by atoms with Gasteiger partial charge in [-0.05, 0) is 74.6 Å². The maximum atomic E-state index is 12.2. The molecule has 0 radical (unpaired) electrons. The normalized spacial score (nSPS) is 9.92. The molecule has 2 rings (SSSR count). The van der Waals surface area contributed by atoms with Gasteiger partial charge in [-0.1, -0.05) is 0 Å². The first kappa shape index (κ1) is 17.4. The van der Waals surface area contributed by atoms with Crippen LogP contribution in [0.1, 0.15) is 29.8 Å². The number of anilines is 1. The van der Waals surface area contributed by atoms with E-state index in [2.05, 4.69) is 10.6 Å². The lowest BCUT2D eigenvalue weighted by atomic mass is 10.2. The molecule has 24 heavy (non-hydrogen) atoms. The second kappa shape index (κ2) is 8.09. The average molecular weight is 339 g/mol. The number of carbonyl (C=O) groups is 1. The summed E-state index contributed by atoms with van der Waals surface area (Å²) in [5.74, 6) is 0.400. The van der Waals surface area contributed by atoms with Gasteiger partial charge < -0.3 is 10.1 Å². The number of rotatable bonds is 4. The molecule has 0 fully saturated rings. The van der Waals surface area contributed by atoms with Crippen LogP contribution in [0.15, 0.2) is 48.5 Å². The van der Waals surface area contributed by atoms with E-state index in [0.717, 1.165) is 0 Å². The lowest BCUT2D eigenvalue weighted by molar-refractivity contribution is 0.0977. The number of hydrogen-bond acceptors (Lipinski definition) is 4. The molecule has 2 aromatic rings. The third-order valence-electron chi connectivity index (χ3n) is 2.99. The van der Waals surface area contributed by atoms with Crippen LogP contribution in [0.5, 0.6) is 5.75 Å². The molecule has 2 N–H and O–H groups in total. The van der Waals surface area contributed by atoms with Gasteiger partial charge in [0, 0.05) is 11.3 Å². The van der Waals surface area contributed by atoms with Gasteiger partial charge in [-0.3, -0.25) is 10.1 Å². The van der Waals surface area contributed by atoms with Gasteiger partial charge in [-0.25, -0.2) is 0 Å². The maximum Gasteiger partial charge on any atom is 0.257 e. The van der Waals surface area contributed by atoms with Crippen LogP contribution in [0.25, 0.3) is 0 Å². The minimum Gasteiger partial charge on any atom is -0.491 e. The summed E-state index contributed by atoms with van der Waals surface area (Å²) in [6.07, 6.45) is 0.0777. The van der Waals surface area contributed by atoms with Crippen LogP contribution in [-0.4, -0.2) is 17.1 Å². The summed E-state index contributed by atoms with van der Waals surface area (Å²) in [6, 6.07) is 15.6. The van der Waals surface area contributed by atoms with E-state index in [9.17, 15) is 4.79 Å². The molecule has 0 saturated heterocycles. The Morgan fingerprint density at radius 2 is 1.75 bits per heavy atom. The highest BCUT2D eigenvalue weighted by atomic mass is 32.1. The minimum absolute atomic E-state index is 0.0777. The van der Waals surface area contributed by atoms with Crippen molar-refractivity contribution in [3.05, 3.63) is 59.7 Å². The van der Waals surface area contributed by atoms with Crippen molar-refractivity contribution in [1.29, 1.82) is 5.26 Å². The van der Waals surface area contributed by atoms with Gasteiger partial charge in [0.05, 0.1) is 17.7 Å². The van der Waals surface area contributed by atoms with Gasteiger partial charge >= 0.3 is 0 Å². The highest BCUT2D eigenvalue weighted by Crippen LogP contribution is 2.14. The first-order chi connectivity index (χ1) is 11.5. The standard InChI is InChI=1S/C18H17N3O2S/c1-12(2)23-16-9-5-14(6-10-16)17(22)21-18(24)20-15-7-3-13(11-19)4-8-15/h3-10,12H,1-2H3,(H2,20,21,22,24). The highest BCUT2D eigenvalue weighted by Gasteiger charge is 2.08. The number of amides is 1. The van der Waals surface area contributed by atoms with E-state index in [1.54, 1.807) is 48.5 Å². The van der Waals surface area contributed by atoms with E-state index in [0.29, 0.717) is 22.6 Å². The molecule has 1 amide bonds. The molecule has 0 spiro atoms. The van der Waals surface area contributed by atoms with Crippen molar-refractivity contribution in [3.63, 3.8) is 0 Å². The van der Waals surface area contributed by atoms with Crippen molar-refractivity contribution in [2.75, 3.05) is 5.32 Å². The zero-order chi connectivity index (χ0) is 17.5. The van der Waals surface area contributed by atoms with E-state index in [4.69, 9.17) is 22.2 Å². The number of ether oxygens (including phenoxy) is 1. The van der Waals surface area contributed by atoms with E-state index in [1.807, 2.05) is 19.9 Å². The third kappa shape index (κ3) is 5.07. The molecule has 6 heteroatoms. The smallest absolute Gasteiger partial charge is 0.257 e. The molecule has 2 aromatic carbocycles. The van der Waals surface area contributed by atoms with Crippen LogP contribution in [0, 0.1) is 11.3 Å². The SMILES string of the molecule is CC(C)Oc1ccc(C(=O)NC(=S)Nc2ccc(C#N)cc2)cc1. The van der Waals surface area contributed by atoms with Crippen LogP contribution in [0.4, 0.5) is 5.69 Å². The van der Waals surface area contributed by atoms with Crippen LogP contribution in [-0.2, 0) is 0 Å².